The summed E-state index contributed by atoms with van der Waals surface area (Å²) in [5.41, 5.74) is 0.347. The maximum Gasteiger partial charge on any atom is 0.391 e. The normalized spacial score (nSPS) is 18.4. The Morgan fingerprint density at radius 1 is 1.35 bits per heavy atom. The second-order valence-electron chi connectivity index (χ2n) is 4.75. The molecule has 0 bridgehead atoms. The number of hydrogen-bond donors (Lipinski definition) is 0. The number of thiophene rings is 1. The molecule has 0 saturated carbocycles. The maximum absolute atomic E-state index is 12.5. The van der Waals surface area contributed by atoms with Gasteiger partial charge in [-0.3, -0.25) is 9.69 Å². The van der Waals surface area contributed by atoms with Crippen LogP contribution in [0.5, 0.6) is 0 Å². The minimum atomic E-state index is -4.14. The molecule has 0 radical (unpaired) electrons. The fraction of sp³-hybridized carbons (Fsp3) is 0.583. The standard InChI is InChI=1S/C12H12Cl2F3NOS/c13-10-5-8(11(14)20-10)9(19)6-18-3-1-7(2-4-18)12(15,16)17/h5,7H,1-4,6H2. The molecule has 1 aliphatic rings. The number of likely N-dealkylation sites (tertiary alicyclic amines) is 1. The Bertz CT molecular complexity index is 495. The fourth-order valence-electron chi connectivity index (χ4n) is 2.24. The summed E-state index contributed by atoms with van der Waals surface area (Å²) in [6.45, 7) is 0.619. The summed E-state index contributed by atoms with van der Waals surface area (Å²) in [5.74, 6) is -1.46. The van der Waals surface area contributed by atoms with Gasteiger partial charge in [0.2, 0.25) is 0 Å². The van der Waals surface area contributed by atoms with E-state index in [1.807, 2.05) is 0 Å². The number of hydrogen-bond acceptors (Lipinski definition) is 3. The third-order valence-electron chi connectivity index (χ3n) is 3.37. The van der Waals surface area contributed by atoms with Crippen molar-refractivity contribution in [1.29, 1.82) is 0 Å². The number of alkyl halides is 3. The van der Waals surface area contributed by atoms with Crippen LogP contribution >= 0.6 is 34.5 Å². The summed E-state index contributed by atoms with van der Waals surface area (Å²) in [6.07, 6.45) is -4.07. The molecule has 8 heteroatoms. The quantitative estimate of drug-likeness (QED) is 0.751. The summed E-state index contributed by atoms with van der Waals surface area (Å²) >= 11 is 12.8. The van der Waals surface area contributed by atoms with Gasteiger partial charge in [-0.1, -0.05) is 23.2 Å². The Hall–Kier alpha value is -0.300. The first-order valence-corrected chi connectivity index (χ1v) is 7.61. The van der Waals surface area contributed by atoms with Gasteiger partial charge in [-0.2, -0.15) is 13.2 Å². The van der Waals surface area contributed by atoms with Gasteiger partial charge >= 0.3 is 6.18 Å². The first-order valence-electron chi connectivity index (χ1n) is 6.04. The van der Waals surface area contributed by atoms with E-state index in [9.17, 15) is 18.0 Å². The largest absolute Gasteiger partial charge is 0.391 e. The van der Waals surface area contributed by atoms with E-state index in [0.29, 0.717) is 14.2 Å². The molecule has 112 valence electrons. The Kier molecular flexibility index (Phi) is 5.00. The van der Waals surface area contributed by atoms with Crippen molar-refractivity contribution >= 4 is 40.3 Å². The van der Waals surface area contributed by atoms with Crippen molar-refractivity contribution < 1.29 is 18.0 Å². The zero-order chi connectivity index (χ0) is 14.9. The number of rotatable bonds is 3. The first kappa shape index (κ1) is 16.1. The van der Waals surface area contributed by atoms with Crippen molar-refractivity contribution in [3.63, 3.8) is 0 Å². The molecule has 2 nitrogen and oxygen atoms in total. The van der Waals surface area contributed by atoms with Crippen molar-refractivity contribution in [2.75, 3.05) is 19.6 Å². The minimum absolute atomic E-state index is 0.0366. The Morgan fingerprint density at radius 2 is 1.95 bits per heavy atom. The zero-order valence-electron chi connectivity index (χ0n) is 10.3. The van der Waals surface area contributed by atoms with E-state index in [0.717, 1.165) is 11.3 Å². The highest BCUT2D eigenvalue weighted by atomic mass is 35.5. The van der Waals surface area contributed by atoms with E-state index in [1.165, 1.54) is 6.07 Å². The van der Waals surface area contributed by atoms with Crippen LogP contribution in [0.15, 0.2) is 6.07 Å². The van der Waals surface area contributed by atoms with Crippen molar-refractivity contribution in [3.05, 3.63) is 20.3 Å². The maximum atomic E-state index is 12.5. The molecule has 20 heavy (non-hydrogen) atoms. The smallest absolute Gasteiger partial charge is 0.296 e. The van der Waals surface area contributed by atoms with Crippen LogP contribution in [0.1, 0.15) is 23.2 Å². The molecule has 0 amide bonds. The molecule has 1 aromatic rings. The van der Waals surface area contributed by atoms with Gasteiger partial charge in [-0.05, 0) is 32.0 Å². The number of carbonyl (C=O) groups is 1. The van der Waals surface area contributed by atoms with E-state index >= 15 is 0 Å². The van der Waals surface area contributed by atoms with Crippen molar-refractivity contribution in [2.24, 2.45) is 5.92 Å². The number of Topliss-reactive ketones (excluding diaryl/α,β-unsaturated/α-hetero) is 1. The summed E-state index contributed by atoms with van der Waals surface area (Å²) in [5, 5.41) is 0. The molecule has 1 saturated heterocycles. The molecule has 0 N–H and O–H groups in total. The summed E-state index contributed by atoms with van der Waals surface area (Å²) in [7, 11) is 0. The van der Waals surface area contributed by atoms with E-state index in [4.69, 9.17) is 23.2 Å². The minimum Gasteiger partial charge on any atom is -0.296 e. The van der Waals surface area contributed by atoms with Gasteiger partial charge in [0, 0.05) is 0 Å². The van der Waals surface area contributed by atoms with Gasteiger partial charge in [-0.15, -0.1) is 11.3 Å². The van der Waals surface area contributed by atoms with Crippen LogP contribution in [-0.4, -0.2) is 36.5 Å². The molecule has 0 atom stereocenters. The molecule has 1 aromatic heterocycles. The average Bonchev–Trinajstić information content (AvgIpc) is 2.68. The summed E-state index contributed by atoms with van der Waals surface area (Å²) in [4.78, 5) is 13.8. The van der Waals surface area contributed by atoms with Gasteiger partial charge < -0.3 is 0 Å². The zero-order valence-corrected chi connectivity index (χ0v) is 12.7. The van der Waals surface area contributed by atoms with Crippen LogP contribution in [0.25, 0.3) is 0 Å². The number of nitrogens with zero attached hydrogens (tertiary/aromatic N) is 1. The van der Waals surface area contributed by atoms with Crippen LogP contribution in [0.3, 0.4) is 0 Å². The number of ketones is 1. The average molecular weight is 346 g/mol. The van der Waals surface area contributed by atoms with Crippen molar-refractivity contribution in [1.82, 2.24) is 4.90 Å². The lowest BCUT2D eigenvalue weighted by Crippen LogP contribution is -2.41. The van der Waals surface area contributed by atoms with E-state index < -0.39 is 12.1 Å². The molecule has 0 unspecified atom stereocenters. The van der Waals surface area contributed by atoms with Gasteiger partial charge in [0.1, 0.15) is 4.34 Å². The van der Waals surface area contributed by atoms with Crippen LogP contribution in [-0.2, 0) is 0 Å². The predicted octanol–water partition coefficient (Wildman–Crippen LogP) is 4.51. The second kappa shape index (κ2) is 6.22. The lowest BCUT2D eigenvalue weighted by molar-refractivity contribution is -0.184. The Balaban J connectivity index is 1.90. The van der Waals surface area contributed by atoms with E-state index in [1.54, 1.807) is 4.90 Å². The Morgan fingerprint density at radius 3 is 2.40 bits per heavy atom. The van der Waals surface area contributed by atoms with Crippen LogP contribution < -0.4 is 0 Å². The molecule has 0 aromatic carbocycles. The molecular weight excluding hydrogens is 334 g/mol. The molecule has 1 fully saturated rings. The third kappa shape index (κ3) is 3.87. The fourth-order valence-corrected chi connectivity index (χ4v) is 3.74. The van der Waals surface area contributed by atoms with Crippen LogP contribution in [0.2, 0.25) is 8.67 Å². The SMILES string of the molecule is O=C(CN1CCC(C(F)(F)F)CC1)c1cc(Cl)sc1Cl. The highest BCUT2D eigenvalue weighted by molar-refractivity contribution is 7.20. The molecular formula is C12H12Cl2F3NOS. The first-order chi connectivity index (χ1) is 9.27. The second-order valence-corrected chi connectivity index (χ2v) is 7.04. The van der Waals surface area contributed by atoms with Crippen molar-refractivity contribution in [3.8, 4) is 0 Å². The topological polar surface area (TPSA) is 20.3 Å². The number of halogens is 5. The van der Waals surface area contributed by atoms with Crippen molar-refractivity contribution in [2.45, 2.75) is 19.0 Å². The summed E-state index contributed by atoms with van der Waals surface area (Å²) in [6, 6.07) is 1.50. The van der Waals surface area contributed by atoms with Gasteiger partial charge in [0.25, 0.3) is 0 Å². The highest BCUT2D eigenvalue weighted by Crippen LogP contribution is 2.35. The molecule has 2 heterocycles. The third-order valence-corrected chi connectivity index (χ3v) is 4.86. The van der Waals surface area contributed by atoms with Gasteiger partial charge in [0.15, 0.2) is 5.78 Å². The van der Waals surface area contributed by atoms with E-state index in [2.05, 4.69) is 0 Å². The van der Waals surface area contributed by atoms with E-state index in [-0.39, 0.29) is 38.3 Å². The van der Waals surface area contributed by atoms with Gasteiger partial charge in [0.05, 0.1) is 22.4 Å². The molecule has 1 aliphatic heterocycles. The monoisotopic (exact) mass is 345 g/mol. The number of carbonyl (C=O) groups excluding carboxylic acids is 1. The van der Waals surface area contributed by atoms with Gasteiger partial charge in [-0.25, -0.2) is 0 Å². The molecule has 0 aliphatic carbocycles. The highest BCUT2D eigenvalue weighted by Gasteiger charge is 2.41. The molecule has 0 spiro atoms. The Labute approximate surface area is 128 Å². The summed E-state index contributed by atoms with van der Waals surface area (Å²) < 4.78 is 38.4. The van der Waals surface area contributed by atoms with Crippen LogP contribution in [0, 0.1) is 5.92 Å². The lowest BCUT2D eigenvalue weighted by atomic mass is 9.96. The predicted molar refractivity (Wildman–Crippen MR) is 73.9 cm³/mol. The lowest BCUT2D eigenvalue weighted by Gasteiger charge is -2.32. The molecule has 2 rings (SSSR count). The number of piperidine rings is 1. The van der Waals surface area contributed by atoms with Crippen LogP contribution in [0.4, 0.5) is 13.2 Å².